The SMILES string of the molecule is CC(NC(=O)NC1=NCCS1)Oc1ccc(Cl)cc1. The van der Waals surface area contributed by atoms with Gasteiger partial charge < -0.3 is 10.1 Å². The van der Waals surface area contributed by atoms with Crippen molar-refractivity contribution in [3.05, 3.63) is 29.3 Å². The molecule has 1 aliphatic rings. The summed E-state index contributed by atoms with van der Waals surface area (Å²) in [6, 6.07) is 6.63. The Morgan fingerprint density at radius 1 is 1.47 bits per heavy atom. The highest BCUT2D eigenvalue weighted by atomic mass is 35.5. The zero-order valence-corrected chi connectivity index (χ0v) is 11.9. The summed E-state index contributed by atoms with van der Waals surface area (Å²) in [6.07, 6.45) is -0.451. The molecule has 1 atom stereocenters. The van der Waals surface area contributed by atoms with Crippen molar-refractivity contribution in [2.75, 3.05) is 12.3 Å². The van der Waals surface area contributed by atoms with Crippen LogP contribution in [0.3, 0.4) is 0 Å². The zero-order valence-electron chi connectivity index (χ0n) is 10.4. The molecule has 0 aliphatic carbocycles. The molecule has 2 N–H and O–H groups in total. The van der Waals surface area contributed by atoms with E-state index in [4.69, 9.17) is 16.3 Å². The molecule has 1 aromatic rings. The number of ether oxygens (including phenoxy) is 1. The van der Waals surface area contributed by atoms with Crippen LogP contribution in [0.5, 0.6) is 5.75 Å². The second kappa shape index (κ2) is 6.68. The van der Waals surface area contributed by atoms with E-state index in [1.54, 1.807) is 31.2 Å². The molecule has 1 aromatic carbocycles. The monoisotopic (exact) mass is 299 g/mol. The van der Waals surface area contributed by atoms with Crippen LogP contribution in [0.25, 0.3) is 0 Å². The van der Waals surface area contributed by atoms with E-state index < -0.39 is 6.23 Å². The fourth-order valence-electron chi connectivity index (χ4n) is 1.48. The van der Waals surface area contributed by atoms with Crippen LogP contribution in [-0.2, 0) is 0 Å². The molecule has 2 rings (SSSR count). The van der Waals surface area contributed by atoms with Crippen LogP contribution in [0.2, 0.25) is 5.02 Å². The molecule has 0 saturated carbocycles. The van der Waals surface area contributed by atoms with Gasteiger partial charge in [-0.15, -0.1) is 0 Å². The minimum absolute atomic E-state index is 0.324. The number of aliphatic imine (C=N–C) groups is 1. The van der Waals surface area contributed by atoms with Gasteiger partial charge >= 0.3 is 6.03 Å². The van der Waals surface area contributed by atoms with E-state index in [9.17, 15) is 4.79 Å². The van der Waals surface area contributed by atoms with Gasteiger partial charge in [-0.3, -0.25) is 10.3 Å². The van der Waals surface area contributed by atoms with Crippen LogP contribution in [-0.4, -0.2) is 29.7 Å². The Morgan fingerprint density at radius 3 is 2.84 bits per heavy atom. The van der Waals surface area contributed by atoms with Crippen molar-refractivity contribution in [3.8, 4) is 5.75 Å². The maximum atomic E-state index is 11.6. The minimum atomic E-state index is -0.451. The largest absolute Gasteiger partial charge is 0.471 e. The van der Waals surface area contributed by atoms with Crippen LogP contribution in [0, 0.1) is 0 Å². The summed E-state index contributed by atoms with van der Waals surface area (Å²) in [5.41, 5.74) is 0. The highest BCUT2D eigenvalue weighted by molar-refractivity contribution is 8.14. The highest BCUT2D eigenvalue weighted by Crippen LogP contribution is 2.16. The first-order chi connectivity index (χ1) is 9.13. The molecule has 0 aromatic heterocycles. The first-order valence-electron chi connectivity index (χ1n) is 5.80. The van der Waals surface area contributed by atoms with Crippen molar-refractivity contribution < 1.29 is 9.53 Å². The average Bonchev–Trinajstić information content (AvgIpc) is 2.84. The lowest BCUT2D eigenvalue weighted by molar-refractivity contribution is 0.179. The number of amidine groups is 1. The molecule has 1 unspecified atom stereocenters. The first kappa shape index (κ1) is 14.0. The molecule has 0 bridgehead atoms. The second-order valence-corrected chi connectivity index (χ2v) is 5.37. The van der Waals surface area contributed by atoms with E-state index in [0.29, 0.717) is 15.9 Å². The van der Waals surface area contributed by atoms with Crippen LogP contribution in [0.15, 0.2) is 29.3 Å². The summed E-state index contributed by atoms with van der Waals surface area (Å²) in [4.78, 5) is 15.8. The molecule has 0 spiro atoms. The van der Waals surface area contributed by atoms with Crippen molar-refractivity contribution in [2.45, 2.75) is 13.2 Å². The van der Waals surface area contributed by atoms with Crippen LogP contribution >= 0.6 is 23.4 Å². The Labute approximate surface area is 120 Å². The standard InChI is InChI=1S/C12H14ClN3O2S/c1-8(18-10-4-2-9(13)3-5-10)15-11(17)16-12-14-6-7-19-12/h2-5,8H,6-7H2,1H3,(H2,14,15,16,17). The predicted molar refractivity (Wildman–Crippen MR) is 78.0 cm³/mol. The Kier molecular flexibility index (Phi) is 4.93. The van der Waals surface area contributed by atoms with E-state index in [0.717, 1.165) is 12.3 Å². The third-order valence-corrected chi connectivity index (χ3v) is 3.41. The lowest BCUT2D eigenvalue weighted by Gasteiger charge is -2.16. The molecule has 0 saturated heterocycles. The van der Waals surface area contributed by atoms with E-state index in [2.05, 4.69) is 15.6 Å². The normalized spacial score (nSPS) is 15.6. The topological polar surface area (TPSA) is 62.7 Å². The average molecular weight is 300 g/mol. The van der Waals surface area contributed by atoms with Crippen molar-refractivity contribution in [2.24, 2.45) is 4.99 Å². The fraction of sp³-hybridized carbons (Fsp3) is 0.333. The molecule has 102 valence electrons. The van der Waals surface area contributed by atoms with E-state index in [-0.39, 0.29) is 6.03 Å². The predicted octanol–water partition coefficient (Wildman–Crippen LogP) is 2.47. The van der Waals surface area contributed by atoms with Crippen molar-refractivity contribution in [3.63, 3.8) is 0 Å². The lowest BCUT2D eigenvalue weighted by atomic mass is 10.3. The number of carbonyl (C=O) groups excluding carboxylic acids is 1. The van der Waals surface area contributed by atoms with Gasteiger partial charge in [0.2, 0.25) is 0 Å². The molecular formula is C12H14ClN3O2S. The molecule has 0 fully saturated rings. The van der Waals surface area contributed by atoms with Crippen LogP contribution < -0.4 is 15.4 Å². The van der Waals surface area contributed by atoms with E-state index >= 15 is 0 Å². The third kappa shape index (κ3) is 4.65. The number of amides is 2. The van der Waals surface area contributed by atoms with E-state index in [1.807, 2.05) is 0 Å². The van der Waals surface area contributed by atoms with Gasteiger partial charge in [0.15, 0.2) is 11.4 Å². The number of nitrogens with one attached hydrogen (secondary N) is 2. The first-order valence-corrected chi connectivity index (χ1v) is 7.17. The van der Waals surface area contributed by atoms with Gasteiger partial charge in [-0.25, -0.2) is 4.79 Å². The summed E-state index contributed by atoms with van der Waals surface area (Å²) < 4.78 is 5.53. The molecule has 19 heavy (non-hydrogen) atoms. The van der Waals surface area contributed by atoms with Crippen LogP contribution in [0.4, 0.5) is 4.79 Å². The zero-order chi connectivity index (χ0) is 13.7. The summed E-state index contributed by atoms with van der Waals surface area (Å²) >= 11 is 7.30. The van der Waals surface area contributed by atoms with E-state index in [1.165, 1.54) is 11.8 Å². The van der Waals surface area contributed by atoms with Gasteiger partial charge in [-0.1, -0.05) is 23.4 Å². The molecular weight excluding hydrogens is 286 g/mol. The number of thioether (sulfide) groups is 1. The Morgan fingerprint density at radius 2 is 2.21 bits per heavy atom. The van der Waals surface area contributed by atoms with Gasteiger partial charge in [0.1, 0.15) is 5.75 Å². The highest BCUT2D eigenvalue weighted by Gasteiger charge is 2.13. The molecule has 5 nitrogen and oxygen atoms in total. The number of hydrogen-bond acceptors (Lipinski definition) is 4. The molecule has 1 heterocycles. The van der Waals surface area contributed by atoms with Gasteiger partial charge in [0.05, 0.1) is 6.54 Å². The van der Waals surface area contributed by atoms with Gasteiger partial charge in [0.25, 0.3) is 0 Å². The number of carbonyl (C=O) groups is 1. The fourth-order valence-corrected chi connectivity index (χ4v) is 2.32. The van der Waals surface area contributed by atoms with Crippen molar-refractivity contribution in [1.82, 2.24) is 10.6 Å². The Balaban J connectivity index is 1.78. The number of nitrogens with zero attached hydrogens (tertiary/aromatic N) is 1. The Bertz CT molecular complexity index is 478. The smallest absolute Gasteiger partial charge is 0.323 e. The summed E-state index contributed by atoms with van der Waals surface area (Å²) in [7, 11) is 0. The van der Waals surface area contributed by atoms with Gasteiger partial charge in [-0.2, -0.15) is 0 Å². The number of hydrogen-bond donors (Lipinski definition) is 2. The number of halogens is 1. The van der Waals surface area contributed by atoms with Crippen molar-refractivity contribution in [1.29, 1.82) is 0 Å². The maximum absolute atomic E-state index is 11.6. The number of benzene rings is 1. The van der Waals surface area contributed by atoms with Gasteiger partial charge in [-0.05, 0) is 31.2 Å². The quantitative estimate of drug-likeness (QED) is 0.843. The summed E-state index contributed by atoms with van der Waals surface area (Å²) in [6.45, 7) is 2.49. The maximum Gasteiger partial charge on any atom is 0.323 e. The number of rotatable bonds is 3. The molecule has 1 aliphatic heterocycles. The molecule has 2 amide bonds. The molecule has 0 radical (unpaired) electrons. The second-order valence-electron chi connectivity index (χ2n) is 3.85. The van der Waals surface area contributed by atoms with Crippen molar-refractivity contribution >= 4 is 34.6 Å². The summed E-state index contributed by atoms with van der Waals surface area (Å²) in [5.74, 6) is 1.55. The summed E-state index contributed by atoms with van der Waals surface area (Å²) in [5, 5.41) is 6.63. The van der Waals surface area contributed by atoms with Crippen LogP contribution in [0.1, 0.15) is 6.92 Å². The lowest BCUT2D eigenvalue weighted by Crippen LogP contribution is -2.44. The molecule has 7 heteroatoms. The minimum Gasteiger partial charge on any atom is -0.471 e. The third-order valence-electron chi connectivity index (χ3n) is 2.27. The Hall–Kier alpha value is -1.40. The van der Waals surface area contributed by atoms with Gasteiger partial charge in [0, 0.05) is 10.8 Å². The number of urea groups is 1.